The summed E-state index contributed by atoms with van der Waals surface area (Å²) in [6.07, 6.45) is 0. The Morgan fingerprint density at radius 1 is 1.12 bits per heavy atom. The maximum absolute atomic E-state index is 13.0. The van der Waals surface area contributed by atoms with Gasteiger partial charge in [0, 0.05) is 3.57 Å². The minimum absolute atomic E-state index is 0.0700. The van der Waals surface area contributed by atoms with Crippen LogP contribution < -0.4 is 4.31 Å². The first-order valence-corrected chi connectivity index (χ1v) is 9.74. The van der Waals surface area contributed by atoms with E-state index in [0.717, 1.165) is 24.6 Å². The second kappa shape index (κ2) is 7.10. The minimum atomic E-state index is -3.97. The van der Waals surface area contributed by atoms with Crippen LogP contribution in [-0.4, -0.2) is 26.0 Å². The van der Waals surface area contributed by atoms with Crippen LogP contribution in [0.25, 0.3) is 0 Å². The zero-order chi connectivity index (χ0) is 18.1. The summed E-state index contributed by atoms with van der Waals surface area (Å²) in [5.41, 5.74) is 2.94. The summed E-state index contributed by atoms with van der Waals surface area (Å²) in [7, 11) is -3.97. The Labute approximate surface area is 155 Å². The van der Waals surface area contributed by atoms with Crippen LogP contribution in [0.1, 0.15) is 16.7 Å². The van der Waals surface area contributed by atoms with Crippen molar-refractivity contribution in [2.45, 2.75) is 25.7 Å². The van der Waals surface area contributed by atoms with Crippen LogP contribution in [-0.2, 0) is 14.8 Å². The molecule has 128 valence electrons. The van der Waals surface area contributed by atoms with E-state index in [9.17, 15) is 18.3 Å². The van der Waals surface area contributed by atoms with Crippen molar-refractivity contribution in [1.29, 1.82) is 0 Å². The van der Waals surface area contributed by atoms with Gasteiger partial charge >= 0.3 is 5.97 Å². The van der Waals surface area contributed by atoms with Gasteiger partial charge in [-0.3, -0.25) is 9.10 Å². The number of aryl methyl sites for hydroxylation is 2. The summed E-state index contributed by atoms with van der Waals surface area (Å²) < 4.78 is 28.0. The van der Waals surface area contributed by atoms with E-state index >= 15 is 0 Å². The lowest BCUT2D eigenvalue weighted by atomic mass is 10.1. The van der Waals surface area contributed by atoms with Gasteiger partial charge in [-0.1, -0.05) is 24.3 Å². The zero-order valence-corrected chi connectivity index (χ0v) is 16.6. The second-order valence-corrected chi connectivity index (χ2v) is 8.46. The van der Waals surface area contributed by atoms with Crippen LogP contribution >= 0.6 is 22.6 Å². The van der Waals surface area contributed by atoms with Crippen LogP contribution in [0.2, 0.25) is 0 Å². The van der Waals surface area contributed by atoms with E-state index < -0.39 is 22.5 Å². The first-order valence-electron chi connectivity index (χ1n) is 7.22. The molecule has 0 spiro atoms. The topological polar surface area (TPSA) is 74.7 Å². The molecule has 24 heavy (non-hydrogen) atoms. The number of carboxylic acids is 1. The fourth-order valence-electron chi connectivity index (χ4n) is 2.66. The number of anilines is 1. The summed E-state index contributed by atoms with van der Waals surface area (Å²) in [5, 5.41) is 9.25. The number of sulfonamides is 1. The zero-order valence-electron chi connectivity index (χ0n) is 13.6. The first kappa shape index (κ1) is 18.7. The molecule has 0 aliphatic rings. The third kappa shape index (κ3) is 3.56. The van der Waals surface area contributed by atoms with E-state index in [1.807, 2.05) is 19.9 Å². The number of rotatable bonds is 5. The molecule has 0 bridgehead atoms. The Hall–Kier alpha value is -1.61. The number of nitrogens with zero attached hydrogens (tertiary/aromatic N) is 1. The molecular formula is C17H18INO4S. The van der Waals surface area contributed by atoms with E-state index in [1.165, 1.54) is 12.1 Å². The molecule has 0 fully saturated rings. The van der Waals surface area contributed by atoms with Crippen LogP contribution in [0.15, 0.2) is 41.3 Å². The molecule has 0 radical (unpaired) electrons. The Morgan fingerprint density at radius 2 is 1.71 bits per heavy atom. The predicted molar refractivity (Wildman–Crippen MR) is 102 cm³/mol. The molecule has 0 unspecified atom stereocenters. The highest BCUT2D eigenvalue weighted by Crippen LogP contribution is 2.34. The van der Waals surface area contributed by atoms with Gasteiger partial charge < -0.3 is 5.11 Å². The molecule has 5 nitrogen and oxygen atoms in total. The first-order chi connectivity index (χ1) is 11.2. The van der Waals surface area contributed by atoms with Gasteiger partial charge in [-0.05, 0) is 72.2 Å². The van der Waals surface area contributed by atoms with Crippen molar-refractivity contribution in [3.63, 3.8) is 0 Å². The van der Waals surface area contributed by atoms with Crippen molar-refractivity contribution in [1.82, 2.24) is 0 Å². The summed E-state index contributed by atoms with van der Waals surface area (Å²) in [6, 6.07) is 9.75. The Morgan fingerprint density at radius 3 is 2.25 bits per heavy atom. The van der Waals surface area contributed by atoms with Gasteiger partial charge in [-0.15, -0.1) is 0 Å². The van der Waals surface area contributed by atoms with Crippen molar-refractivity contribution < 1.29 is 18.3 Å². The van der Waals surface area contributed by atoms with Gasteiger partial charge in [0.25, 0.3) is 10.0 Å². The lowest BCUT2D eigenvalue weighted by Crippen LogP contribution is -2.37. The summed E-state index contributed by atoms with van der Waals surface area (Å²) in [4.78, 5) is 11.4. The standard InChI is InChI=1S/C17H18INO4S/c1-11-9-12(2)17(13(3)16(11)18)19(10-15(20)21)24(22,23)14-7-5-4-6-8-14/h4-9H,10H2,1-3H3,(H,20,21). The van der Waals surface area contributed by atoms with Crippen molar-refractivity contribution in [3.05, 3.63) is 56.7 Å². The lowest BCUT2D eigenvalue weighted by molar-refractivity contribution is -0.135. The smallest absolute Gasteiger partial charge is 0.324 e. The summed E-state index contributed by atoms with van der Waals surface area (Å²) >= 11 is 2.15. The van der Waals surface area contributed by atoms with Crippen LogP contribution in [0.4, 0.5) is 5.69 Å². The molecule has 0 amide bonds. The predicted octanol–water partition coefficient (Wildman–Crippen LogP) is 3.50. The highest BCUT2D eigenvalue weighted by Gasteiger charge is 2.30. The van der Waals surface area contributed by atoms with E-state index in [0.29, 0.717) is 5.69 Å². The normalized spacial score (nSPS) is 11.3. The fraction of sp³-hybridized carbons (Fsp3) is 0.235. The number of hydrogen-bond acceptors (Lipinski definition) is 3. The quantitative estimate of drug-likeness (QED) is 0.695. The molecule has 0 aliphatic carbocycles. The number of benzene rings is 2. The average molecular weight is 459 g/mol. The van der Waals surface area contributed by atoms with E-state index in [-0.39, 0.29) is 4.90 Å². The fourth-order valence-corrected chi connectivity index (χ4v) is 4.63. The molecule has 0 atom stereocenters. The number of aliphatic carboxylic acids is 1. The Bertz CT molecular complexity index is 879. The summed E-state index contributed by atoms with van der Waals surface area (Å²) in [5.74, 6) is -1.20. The monoisotopic (exact) mass is 459 g/mol. The molecule has 2 aromatic carbocycles. The van der Waals surface area contributed by atoms with E-state index in [4.69, 9.17) is 0 Å². The number of halogens is 1. The van der Waals surface area contributed by atoms with Gasteiger partial charge in [0.15, 0.2) is 0 Å². The van der Waals surface area contributed by atoms with Crippen LogP contribution in [0.5, 0.6) is 0 Å². The molecule has 0 heterocycles. The SMILES string of the molecule is Cc1cc(C)c(N(CC(=O)O)S(=O)(=O)c2ccccc2)c(C)c1I. The van der Waals surface area contributed by atoms with Crippen molar-refractivity contribution >= 4 is 44.3 Å². The Kier molecular flexibility index (Phi) is 5.54. The average Bonchev–Trinajstić information content (AvgIpc) is 2.52. The molecule has 0 saturated heterocycles. The third-order valence-electron chi connectivity index (χ3n) is 3.70. The van der Waals surface area contributed by atoms with E-state index in [1.54, 1.807) is 25.1 Å². The second-order valence-electron chi connectivity index (χ2n) is 5.52. The minimum Gasteiger partial charge on any atom is -0.480 e. The molecule has 0 saturated carbocycles. The van der Waals surface area contributed by atoms with Crippen molar-refractivity contribution in [2.75, 3.05) is 10.8 Å². The molecule has 2 rings (SSSR count). The van der Waals surface area contributed by atoms with Gasteiger partial charge in [-0.2, -0.15) is 0 Å². The maximum Gasteiger partial charge on any atom is 0.324 e. The number of hydrogen-bond donors (Lipinski definition) is 1. The number of carbonyl (C=O) groups is 1. The van der Waals surface area contributed by atoms with Crippen LogP contribution in [0.3, 0.4) is 0 Å². The van der Waals surface area contributed by atoms with Gasteiger partial charge in [0.1, 0.15) is 6.54 Å². The van der Waals surface area contributed by atoms with Crippen molar-refractivity contribution in [3.8, 4) is 0 Å². The van der Waals surface area contributed by atoms with Gasteiger partial charge in [0.05, 0.1) is 10.6 Å². The highest BCUT2D eigenvalue weighted by molar-refractivity contribution is 14.1. The molecular weight excluding hydrogens is 441 g/mol. The maximum atomic E-state index is 13.0. The molecule has 2 aromatic rings. The largest absolute Gasteiger partial charge is 0.480 e. The molecule has 0 aromatic heterocycles. The molecule has 0 aliphatic heterocycles. The third-order valence-corrected chi connectivity index (χ3v) is 7.12. The van der Waals surface area contributed by atoms with E-state index in [2.05, 4.69) is 22.6 Å². The Balaban J connectivity index is 2.72. The summed E-state index contributed by atoms with van der Waals surface area (Å²) in [6.45, 7) is 4.92. The van der Waals surface area contributed by atoms with Gasteiger partial charge in [0.2, 0.25) is 0 Å². The molecule has 7 heteroatoms. The van der Waals surface area contributed by atoms with Gasteiger partial charge in [-0.25, -0.2) is 8.42 Å². The number of carboxylic acid groups (broad SMARTS) is 1. The lowest BCUT2D eigenvalue weighted by Gasteiger charge is -2.27. The highest BCUT2D eigenvalue weighted by atomic mass is 127. The molecule has 1 N–H and O–H groups in total. The van der Waals surface area contributed by atoms with Crippen LogP contribution in [0, 0.1) is 24.3 Å². The van der Waals surface area contributed by atoms with Crippen molar-refractivity contribution in [2.24, 2.45) is 0 Å².